The Hall–Kier alpha value is -6.92. The average Bonchev–Trinajstić information content (AvgIpc) is 3.94. The first-order valence-corrected chi connectivity index (χ1v) is 16.7. The van der Waals surface area contributed by atoms with Crippen LogP contribution in [0.25, 0.3) is 100 Å². The summed E-state index contributed by atoms with van der Waals surface area (Å²) in [7, 11) is 0. The molecule has 0 bridgehead atoms. The van der Waals surface area contributed by atoms with Crippen molar-refractivity contribution in [3.05, 3.63) is 158 Å². The van der Waals surface area contributed by atoms with E-state index in [9.17, 15) is 0 Å². The molecule has 0 aliphatic heterocycles. The van der Waals surface area contributed by atoms with E-state index in [4.69, 9.17) is 18.8 Å². The Balaban J connectivity index is 1.21. The van der Waals surface area contributed by atoms with E-state index in [1.54, 1.807) is 0 Å². The highest BCUT2D eigenvalue weighted by atomic mass is 16.4. The van der Waals surface area contributed by atoms with Gasteiger partial charge in [0.05, 0.1) is 22.1 Å². The van der Waals surface area contributed by atoms with E-state index in [2.05, 4.69) is 118 Å². The zero-order valence-electron chi connectivity index (χ0n) is 26.6. The normalized spacial score (nSPS) is 12.0. The summed E-state index contributed by atoms with van der Waals surface area (Å²) in [6, 6.07) is 54.6. The van der Waals surface area contributed by atoms with E-state index in [0.717, 1.165) is 77.5 Å². The maximum atomic E-state index is 6.21. The maximum absolute atomic E-state index is 6.21. The Labute approximate surface area is 285 Å². The van der Waals surface area contributed by atoms with Gasteiger partial charge in [0.2, 0.25) is 11.8 Å². The van der Waals surface area contributed by atoms with E-state index in [1.807, 2.05) is 48.5 Å². The molecule has 0 saturated carbocycles. The Morgan fingerprint density at radius 3 is 1.20 bits per heavy atom. The van der Waals surface area contributed by atoms with Crippen LogP contribution in [0.4, 0.5) is 0 Å². The number of rotatable bonds is 4. The lowest BCUT2D eigenvalue weighted by Crippen LogP contribution is -1.94. The lowest BCUT2D eigenvalue weighted by Gasteiger charge is -2.09. The average molecular weight is 643 g/mol. The number of benzene rings is 7. The maximum Gasteiger partial charge on any atom is 0.227 e. The molecular weight excluding hydrogens is 617 g/mol. The van der Waals surface area contributed by atoms with Gasteiger partial charge in [-0.15, -0.1) is 0 Å². The molecule has 0 fully saturated rings. The second-order valence-corrected chi connectivity index (χ2v) is 12.7. The number of fused-ring (bicyclic) bond motifs is 8. The second kappa shape index (κ2) is 10.3. The van der Waals surface area contributed by atoms with Crippen LogP contribution in [0.15, 0.2) is 167 Å². The van der Waals surface area contributed by atoms with Crippen LogP contribution in [0.3, 0.4) is 0 Å². The highest BCUT2D eigenvalue weighted by Gasteiger charge is 2.21. The minimum absolute atomic E-state index is 0.611. The molecular formula is C44H26N4O2. The molecule has 11 aromatic rings. The van der Waals surface area contributed by atoms with Gasteiger partial charge >= 0.3 is 0 Å². The standard InChI is InChI=1S/C44H26N4O2/c1-3-11-29(12-4-1)47-37-23-27(43-45-35-15-7-9-17-41(35)49-43)19-21-31(37)33-26-40-34(25-39(33)47)32-22-20-28(44-46-36-16-8-10-18-42(36)50-44)24-38(32)48(40)30-13-5-2-6-14-30/h1-26H. The van der Waals surface area contributed by atoms with Gasteiger partial charge in [-0.1, -0.05) is 72.8 Å². The fraction of sp³-hybridized carbons (Fsp3) is 0. The highest BCUT2D eigenvalue weighted by Crippen LogP contribution is 2.41. The monoisotopic (exact) mass is 642 g/mol. The van der Waals surface area contributed by atoms with E-state index in [0.29, 0.717) is 11.8 Å². The summed E-state index contributed by atoms with van der Waals surface area (Å²) in [5.41, 5.74) is 11.7. The van der Waals surface area contributed by atoms with Crippen molar-refractivity contribution in [2.45, 2.75) is 0 Å². The lowest BCUT2D eigenvalue weighted by atomic mass is 10.1. The lowest BCUT2D eigenvalue weighted by molar-refractivity contribution is 0.619. The molecule has 6 heteroatoms. The molecule has 0 spiro atoms. The van der Waals surface area contributed by atoms with Crippen molar-refractivity contribution in [3.8, 4) is 34.3 Å². The van der Waals surface area contributed by atoms with Crippen LogP contribution < -0.4 is 0 Å². The molecule has 0 aliphatic carbocycles. The molecule has 0 radical (unpaired) electrons. The van der Waals surface area contributed by atoms with Gasteiger partial charge in [-0.25, -0.2) is 9.97 Å². The van der Waals surface area contributed by atoms with Crippen molar-refractivity contribution in [2.24, 2.45) is 0 Å². The van der Waals surface area contributed by atoms with Crippen LogP contribution in [0, 0.1) is 0 Å². The van der Waals surface area contributed by atoms with E-state index in [1.165, 1.54) is 10.8 Å². The fourth-order valence-electron chi connectivity index (χ4n) is 7.49. The number of aromatic nitrogens is 4. The number of oxazole rings is 2. The first kappa shape index (κ1) is 27.1. The van der Waals surface area contributed by atoms with Crippen LogP contribution in [-0.4, -0.2) is 19.1 Å². The predicted molar refractivity (Wildman–Crippen MR) is 201 cm³/mol. The molecule has 0 aliphatic rings. The molecule has 7 aromatic carbocycles. The van der Waals surface area contributed by atoms with Gasteiger partial charge in [0.15, 0.2) is 11.2 Å². The SMILES string of the molecule is c1ccc(-n2c3cc(-c4nc5ccccc5o4)ccc3c3cc4c(cc32)c2ccc(-c3nc5ccccc5o3)cc2n4-c2ccccc2)cc1. The van der Waals surface area contributed by atoms with Gasteiger partial charge < -0.3 is 18.0 Å². The topological polar surface area (TPSA) is 61.9 Å². The quantitative estimate of drug-likeness (QED) is 0.192. The number of nitrogens with zero attached hydrogens (tertiary/aromatic N) is 4. The molecule has 0 unspecified atom stereocenters. The smallest absolute Gasteiger partial charge is 0.227 e. The van der Waals surface area contributed by atoms with Crippen molar-refractivity contribution < 1.29 is 8.83 Å². The third-order valence-electron chi connectivity index (χ3n) is 9.76. The van der Waals surface area contributed by atoms with Gasteiger partial charge in [-0.05, 0) is 84.9 Å². The summed E-state index contributed by atoms with van der Waals surface area (Å²) in [5.74, 6) is 1.22. The van der Waals surface area contributed by atoms with Crippen molar-refractivity contribution in [1.29, 1.82) is 0 Å². The second-order valence-electron chi connectivity index (χ2n) is 12.7. The molecule has 50 heavy (non-hydrogen) atoms. The zero-order valence-corrected chi connectivity index (χ0v) is 26.6. The number of para-hydroxylation sites is 6. The molecule has 4 heterocycles. The number of hydrogen-bond donors (Lipinski definition) is 0. The van der Waals surface area contributed by atoms with Gasteiger partial charge in [-0.2, -0.15) is 0 Å². The van der Waals surface area contributed by atoms with Crippen molar-refractivity contribution in [2.75, 3.05) is 0 Å². The van der Waals surface area contributed by atoms with Gasteiger partial charge in [0.1, 0.15) is 11.0 Å². The minimum atomic E-state index is 0.611. The first-order chi connectivity index (χ1) is 24.8. The molecule has 0 N–H and O–H groups in total. The molecule has 11 rings (SSSR count). The van der Waals surface area contributed by atoms with Crippen molar-refractivity contribution in [3.63, 3.8) is 0 Å². The Morgan fingerprint density at radius 2 is 0.760 bits per heavy atom. The van der Waals surface area contributed by atoms with Crippen LogP contribution in [-0.2, 0) is 0 Å². The molecule has 234 valence electrons. The summed E-state index contributed by atoms with van der Waals surface area (Å²) < 4.78 is 17.1. The van der Waals surface area contributed by atoms with Crippen LogP contribution in [0.1, 0.15) is 0 Å². The Morgan fingerprint density at radius 1 is 0.360 bits per heavy atom. The Bertz CT molecular complexity index is 2810. The molecule has 6 nitrogen and oxygen atoms in total. The van der Waals surface area contributed by atoms with Gasteiger partial charge in [0, 0.05) is 44.0 Å². The molecule has 0 atom stereocenters. The summed E-state index contributed by atoms with van der Waals surface area (Å²) in [4.78, 5) is 9.63. The Kier molecular flexibility index (Phi) is 5.57. The number of hydrogen-bond acceptors (Lipinski definition) is 4. The first-order valence-electron chi connectivity index (χ1n) is 16.7. The van der Waals surface area contributed by atoms with Crippen LogP contribution in [0.2, 0.25) is 0 Å². The van der Waals surface area contributed by atoms with Crippen molar-refractivity contribution in [1.82, 2.24) is 19.1 Å². The summed E-state index contributed by atoms with van der Waals surface area (Å²) >= 11 is 0. The van der Waals surface area contributed by atoms with Crippen LogP contribution >= 0.6 is 0 Å². The molecule has 4 aromatic heterocycles. The molecule has 0 saturated heterocycles. The largest absolute Gasteiger partial charge is 0.436 e. The third-order valence-corrected chi connectivity index (χ3v) is 9.76. The fourth-order valence-corrected chi connectivity index (χ4v) is 7.49. The van der Waals surface area contributed by atoms with Gasteiger partial charge in [0.25, 0.3) is 0 Å². The van der Waals surface area contributed by atoms with E-state index in [-0.39, 0.29) is 0 Å². The summed E-state index contributed by atoms with van der Waals surface area (Å²) in [5, 5.41) is 4.64. The highest BCUT2D eigenvalue weighted by molar-refractivity contribution is 6.19. The van der Waals surface area contributed by atoms with Gasteiger partial charge in [-0.3, -0.25) is 0 Å². The van der Waals surface area contributed by atoms with E-state index >= 15 is 0 Å². The van der Waals surface area contributed by atoms with Crippen LogP contribution in [0.5, 0.6) is 0 Å². The van der Waals surface area contributed by atoms with Crippen molar-refractivity contribution >= 4 is 65.8 Å². The predicted octanol–water partition coefficient (Wildman–Crippen LogP) is 11.5. The zero-order chi connectivity index (χ0) is 32.8. The van der Waals surface area contributed by atoms with E-state index < -0.39 is 0 Å². The minimum Gasteiger partial charge on any atom is -0.436 e. The summed E-state index contributed by atoms with van der Waals surface area (Å²) in [6.45, 7) is 0. The third kappa shape index (κ3) is 3.96. The summed E-state index contributed by atoms with van der Waals surface area (Å²) in [6.07, 6.45) is 0. The molecule has 0 amide bonds.